The van der Waals surface area contributed by atoms with Gasteiger partial charge in [0.2, 0.25) is 0 Å². The van der Waals surface area contributed by atoms with Crippen LogP contribution in [0.3, 0.4) is 0 Å². The molecule has 7 nitrogen and oxygen atoms in total. The molecule has 0 bridgehead atoms. The summed E-state index contributed by atoms with van der Waals surface area (Å²) in [7, 11) is 1.79. The van der Waals surface area contributed by atoms with Gasteiger partial charge in [0.25, 0.3) is 5.91 Å². The van der Waals surface area contributed by atoms with Gasteiger partial charge in [-0.15, -0.1) is 0 Å². The second-order valence-corrected chi connectivity index (χ2v) is 7.86. The van der Waals surface area contributed by atoms with Crippen LogP contribution in [-0.4, -0.2) is 50.0 Å². The van der Waals surface area contributed by atoms with Gasteiger partial charge in [0.05, 0.1) is 6.26 Å². The van der Waals surface area contributed by atoms with Crippen LogP contribution in [0.25, 0.3) is 0 Å². The predicted octanol–water partition coefficient (Wildman–Crippen LogP) is 3.32. The van der Waals surface area contributed by atoms with Gasteiger partial charge < -0.3 is 25.3 Å². The quantitative estimate of drug-likeness (QED) is 0.353. The molecule has 1 fully saturated rings. The standard InChI is InChI=1S/C23H33N5O2/c1-18-10-14-28(15-11-18)13-4-12-25-23(24-2)26-17-19-6-8-20(9-7-19)27-22(29)21-5-3-16-30-21/h3,5-9,16,18H,4,10-15,17H2,1-2H3,(H,27,29)(H2,24,25,26). The molecule has 3 rings (SSSR count). The Kier molecular flexibility index (Phi) is 8.32. The Morgan fingerprint density at radius 3 is 2.60 bits per heavy atom. The molecule has 1 aromatic carbocycles. The fourth-order valence-corrected chi connectivity index (χ4v) is 3.51. The van der Waals surface area contributed by atoms with Crippen molar-refractivity contribution in [2.45, 2.75) is 32.7 Å². The zero-order chi connectivity index (χ0) is 21.2. The number of carbonyl (C=O) groups is 1. The smallest absolute Gasteiger partial charge is 0.291 e. The van der Waals surface area contributed by atoms with Gasteiger partial charge >= 0.3 is 0 Å². The van der Waals surface area contributed by atoms with Crippen molar-refractivity contribution in [3.63, 3.8) is 0 Å². The Hall–Kier alpha value is -2.80. The fourth-order valence-electron chi connectivity index (χ4n) is 3.51. The Labute approximate surface area is 178 Å². The van der Waals surface area contributed by atoms with Crippen LogP contribution in [-0.2, 0) is 6.54 Å². The van der Waals surface area contributed by atoms with Crippen molar-refractivity contribution in [3.8, 4) is 0 Å². The molecule has 0 atom stereocenters. The minimum Gasteiger partial charge on any atom is -0.459 e. The van der Waals surface area contributed by atoms with E-state index in [2.05, 4.69) is 32.8 Å². The van der Waals surface area contributed by atoms with Crippen molar-refractivity contribution in [2.75, 3.05) is 38.5 Å². The molecule has 0 saturated carbocycles. The van der Waals surface area contributed by atoms with Crippen LogP contribution in [0.1, 0.15) is 42.3 Å². The molecule has 0 aliphatic carbocycles. The van der Waals surface area contributed by atoms with Gasteiger partial charge in [-0.1, -0.05) is 19.1 Å². The van der Waals surface area contributed by atoms with Gasteiger partial charge in [0, 0.05) is 25.8 Å². The highest BCUT2D eigenvalue weighted by Crippen LogP contribution is 2.15. The van der Waals surface area contributed by atoms with Crippen LogP contribution in [0.4, 0.5) is 5.69 Å². The Morgan fingerprint density at radius 2 is 1.93 bits per heavy atom. The summed E-state index contributed by atoms with van der Waals surface area (Å²) in [5.41, 5.74) is 1.84. The first-order valence-electron chi connectivity index (χ1n) is 10.7. The number of anilines is 1. The lowest BCUT2D eigenvalue weighted by Gasteiger charge is -2.30. The molecule has 0 unspecified atom stereocenters. The van der Waals surface area contributed by atoms with E-state index in [1.54, 1.807) is 19.2 Å². The number of rotatable bonds is 8. The third kappa shape index (κ3) is 6.91. The highest BCUT2D eigenvalue weighted by molar-refractivity contribution is 6.02. The largest absolute Gasteiger partial charge is 0.459 e. The lowest BCUT2D eigenvalue weighted by atomic mass is 9.99. The van der Waals surface area contributed by atoms with Crippen LogP contribution in [0.15, 0.2) is 52.1 Å². The lowest BCUT2D eigenvalue weighted by Crippen LogP contribution is -2.39. The third-order valence-electron chi connectivity index (χ3n) is 5.46. The summed E-state index contributed by atoms with van der Waals surface area (Å²) >= 11 is 0. The van der Waals surface area contributed by atoms with Gasteiger partial charge in [0.1, 0.15) is 0 Å². The van der Waals surface area contributed by atoms with Crippen molar-refractivity contribution in [1.82, 2.24) is 15.5 Å². The molecule has 3 N–H and O–H groups in total. The maximum atomic E-state index is 12.0. The number of benzene rings is 1. The van der Waals surface area contributed by atoms with Crippen molar-refractivity contribution in [3.05, 3.63) is 54.0 Å². The molecule has 162 valence electrons. The van der Waals surface area contributed by atoms with Gasteiger partial charge in [-0.05, 0) is 74.6 Å². The number of nitrogens with one attached hydrogen (secondary N) is 3. The molecule has 0 radical (unpaired) electrons. The first-order valence-corrected chi connectivity index (χ1v) is 10.7. The number of hydrogen-bond donors (Lipinski definition) is 3. The van der Waals surface area contributed by atoms with Crippen molar-refractivity contribution >= 4 is 17.6 Å². The molecule has 1 aliphatic rings. The summed E-state index contributed by atoms with van der Waals surface area (Å²) < 4.78 is 5.10. The summed E-state index contributed by atoms with van der Waals surface area (Å²) in [6.45, 7) is 7.51. The van der Waals surface area contributed by atoms with Gasteiger partial charge in [-0.2, -0.15) is 0 Å². The topological polar surface area (TPSA) is 81.9 Å². The number of guanidine groups is 1. The van der Waals surface area contributed by atoms with E-state index in [9.17, 15) is 4.79 Å². The van der Waals surface area contributed by atoms with Gasteiger partial charge in [-0.3, -0.25) is 9.79 Å². The average Bonchev–Trinajstić information content (AvgIpc) is 3.31. The normalized spacial score (nSPS) is 15.7. The first kappa shape index (κ1) is 21.9. The number of carbonyl (C=O) groups excluding carboxylic acids is 1. The molecule has 0 spiro atoms. The highest BCUT2D eigenvalue weighted by Gasteiger charge is 2.14. The number of aliphatic imine (C=N–C) groups is 1. The van der Waals surface area contributed by atoms with E-state index in [4.69, 9.17) is 4.42 Å². The van der Waals surface area contributed by atoms with Gasteiger partial charge in [0.15, 0.2) is 11.7 Å². The van der Waals surface area contributed by atoms with E-state index in [0.717, 1.165) is 42.6 Å². The number of likely N-dealkylation sites (tertiary alicyclic amines) is 1. The molecule has 1 saturated heterocycles. The van der Waals surface area contributed by atoms with E-state index in [0.29, 0.717) is 12.3 Å². The first-order chi connectivity index (χ1) is 14.6. The third-order valence-corrected chi connectivity index (χ3v) is 5.46. The Bertz CT molecular complexity index is 794. The summed E-state index contributed by atoms with van der Waals surface area (Å²) in [6, 6.07) is 11.1. The highest BCUT2D eigenvalue weighted by atomic mass is 16.3. The maximum absolute atomic E-state index is 12.0. The molecule has 30 heavy (non-hydrogen) atoms. The molecule has 1 aromatic heterocycles. The number of furan rings is 1. The molecule has 2 heterocycles. The average molecular weight is 412 g/mol. The van der Waals surface area contributed by atoms with Crippen LogP contribution in [0, 0.1) is 5.92 Å². The molecule has 2 aromatic rings. The van der Waals surface area contributed by atoms with E-state index in [1.165, 1.54) is 32.2 Å². The molecule has 1 amide bonds. The number of hydrogen-bond acceptors (Lipinski definition) is 4. The van der Waals surface area contributed by atoms with E-state index < -0.39 is 0 Å². The number of amides is 1. The molecular weight excluding hydrogens is 378 g/mol. The minimum absolute atomic E-state index is 0.255. The monoisotopic (exact) mass is 411 g/mol. The maximum Gasteiger partial charge on any atom is 0.291 e. The van der Waals surface area contributed by atoms with Crippen LogP contribution in [0.2, 0.25) is 0 Å². The SMILES string of the molecule is CN=C(NCCCN1CCC(C)CC1)NCc1ccc(NC(=O)c2ccco2)cc1. The molecular formula is C23H33N5O2. The van der Waals surface area contributed by atoms with Crippen LogP contribution in [0.5, 0.6) is 0 Å². The summed E-state index contributed by atoms with van der Waals surface area (Å²) in [4.78, 5) is 18.9. The Balaban J connectivity index is 1.34. The van der Waals surface area contributed by atoms with Crippen molar-refractivity contribution in [1.29, 1.82) is 0 Å². The Morgan fingerprint density at radius 1 is 1.17 bits per heavy atom. The summed E-state index contributed by atoms with van der Waals surface area (Å²) in [5.74, 6) is 1.72. The van der Waals surface area contributed by atoms with Crippen molar-refractivity contribution < 1.29 is 9.21 Å². The number of piperidine rings is 1. The fraction of sp³-hybridized carbons (Fsp3) is 0.478. The van der Waals surface area contributed by atoms with Crippen LogP contribution < -0.4 is 16.0 Å². The van der Waals surface area contributed by atoms with E-state index in [-0.39, 0.29) is 5.91 Å². The predicted molar refractivity (Wildman–Crippen MR) is 121 cm³/mol. The van der Waals surface area contributed by atoms with E-state index in [1.807, 2.05) is 24.3 Å². The van der Waals surface area contributed by atoms with Crippen molar-refractivity contribution in [2.24, 2.45) is 10.9 Å². The second kappa shape index (κ2) is 11.4. The van der Waals surface area contributed by atoms with Gasteiger partial charge in [-0.25, -0.2) is 0 Å². The molecule has 7 heteroatoms. The lowest BCUT2D eigenvalue weighted by molar-refractivity contribution is 0.0996. The number of nitrogens with zero attached hydrogens (tertiary/aromatic N) is 2. The van der Waals surface area contributed by atoms with E-state index >= 15 is 0 Å². The molecule has 1 aliphatic heterocycles. The zero-order valence-corrected chi connectivity index (χ0v) is 18.0. The zero-order valence-electron chi connectivity index (χ0n) is 18.0. The minimum atomic E-state index is -0.255. The van der Waals surface area contributed by atoms with Crippen LogP contribution >= 0.6 is 0 Å². The summed E-state index contributed by atoms with van der Waals surface area (Å²) in [6.07, 6.45) is 5.24. The second-order valence-electron chi connectivity index (χ2n) is 7.86. The summed E-state index contributed by atoms with van der Waals surface area (Å²) in [5, 5.41) is 9.54.